The molecule has 7 heteroatoms. The molecule has 0 heterocycles. The number of rotatable bonds is 5. The molecular formula is C15H15Cl2NO4. The average molecular weight is 344 g/mol. The fraction of sp³-hybridized carbons (Fsp3) is 0.400. The molecule has 1 saturated carbocycles. The molecule has 1 aromatic rings. The van der Waals surface area contributed by atoms with Crippen LogP contribution in [0.25, 0.3) is 0 Å². The van der Waals surface area contributed by atoms with Gasteiger partial charge in [-0.05, 0) is 38.1 Å². The number of carbonyl (C=O) groups is 3. The van der Waals surface area contributed by atoms with Gasteiger partial charge in [0.2, 0.25) is 0 Å². The molecule has 1 fully saturated rings. The molecule has 1 N–H and O–H groups in total. The molecule has 0 aliphatic heterocycles. The molecule has 5 nitrogen and oxygen atoms in total. The number of ketones is 1. The third kappa shape index (κ3) is 3.42. The van der Waals surface area contributed by atoms with Crippen molar-refractivity contribution in [3.8, 4) is 0 Å². The van der Waals surface area contributed by atoms with E-state index in [-0.39, 0.29) is 5.78 Å². The number of esters is 1. The fourth-order valence-corrected chi connectivity index (χ4v) is 2.59. The van der Waals surface area contributed by atoms with E-state index in [2.05, 4.69) is 5.32 Å². The van der Waals surface area contributed by atoms with Gasteiger partial charge in [-0.3, -0.25) is 14.4 Å². The van der Waals surface area contributed by atoms with Crippen molar-refractivity contribution >= 4 is 46.5 Å². The highest BCUT2D eigenvalue weighted by atomic mass is 35.5. The zero-order valence-electron chi connectivity index (χ0n) is 12.1. The summed E-state index contributed by atoms with van der Waals surface area (Å²) in [6.45, 7) is 2.62. The summed E-state index contributed by atoms with van der Waals surface area (Å²) >= 11 is 11.7. The predicted octanol–water partition coefficient (Wildman–Crippen LogP) is 2.95. The van der Waals surface area contributed by atoms with Crippen LogP contribution in [0, 0.1) is 5.41 Å². The summed E-state index contributed by atoms with van der Waals surface area (Å²) in [5.41, 5.74) is 0.0962. The van der Waals surface area contributed by atoms with E-state index in [1.54, 1.807) is 31.2 Å². The smallest absolute Gasteiger partial charge is 0.315 e. The van der Waals surface area contributed by atoms with Gasteiger partial charge in [0, 0.05) is 17.7 Å². The van der Waals surface area contributed by atoms with Crippen LogP contribution in [0.4, 0.5) is 5.69 Å². The molecule has 0 bridgehead atoms. The lowest BCUT2D eigenvalue weighted by molar-refractivity contribution is -0.152. The second-order valence-corrected chi connectivity index (χ2v) is 6.96. The monoisotopic (exact) mass is 343 g/mol. The summed E-state index contributed by atoms with van der Waals surface area (Å²) in [6.07, 6.45) is 0.302. The van der Waals surface area contributed by atoms with Crippen molar-refractivity contribution in [2.45, 2.75) is 24.6 Å². The summed E-state index contributed by atoms with van der Waals surface area (Å²) in [4.78, 5) is 34.7. The lowest BCUT2D eigenvalue weighted by atomic mass is 10.1. The van der Waals surface area contributed by atoms with E-state index in [1.807, 2.05) is 0 Å². The highest BCUT2D eigenvalue weighted by molar-refractivity contribution is 6.53. The lowest BCUT2D eigenvalue weighted by Gasteiger charge is -2.12. The van der Waals surface area contributed by atoms with Crippen molar-refractivity contribution in [2.24, 2.45) is 5.41 Å². The molecule has 1 amide bonds. The van der Waals surface area contributed by atoms with Crippen LogP contribution in [-0.4, -0.2) is 28.6 Å². The first-order valence-corrected chi connectivity index (χ1v) is 7.37. The van der Waals surface area contributed by atoms with Gasteiger partial charge in [-0.2, -0.15) is 0 Å². The number of anilines is 1. The first kappa shape index (κ1) is 16.8. The number of amides is 1. The van der Waals surface area contributed by atoms with E-state index >= 15 is 0 Å². The van der Waals surface area contributed by atoms with Crippen LogP contribution in [0.5, 0.6) is 0 Å². The molecule has 1 aromatic carbocycles. The van der Waals surface area contributed by atoms with Crippen LogP contribution < -0.4 is 5.32 Å². The number of carbonyl (C=O) groups excluding carboxylic acids is 3. The van der Waals surface area contributed by atoms with Crippen molar-refractivity contribution in [1.82, 2.24) is 0 Å². The minimum absolute atomic E-state index is 0.0601. The predicted molar refractivity (Wildman–Crippen MR) is 83.2 cm³/mol. The Morgan fingerprint density at radius 3 is 2.23 bits per heavy atom. The number of Topliss-reactive ketones (excluding diaryl/α,β-unsaturated/α-hetero) is 1. The normalized spacial score (nSPS) is 21.8. The number of ether oxygens (including phenoxy) is 1. The topological polar surface area (TPSA) is 72.5 Å². The van der Waals surface area contributed by atoms with E-state index in [0.29, 0.717) is 17.7 Å². The SMILES string of the molecule is CC(=O)c1ccc(NC(=O)COC(=O)[C@]2(C)CC2(Cl)Cl)cc1. The Balaban J connectivity index is 1.83. The Bertz CT molecular complexity index is 627. The molecule has 22 heavy (non-hydrogen) atoms. The Hall–Kier alpha value is -1.59. The largest absolute Gasteiger partial charge is 0.455 e. The number of hydrogen-bond donors (Lipinski definition) is 1. The van der Waals surface area contributed by atoms with E-state index in [0.717, 1.165) is 0 Å². The Morgan fingerprint density at radius 2 is 1.77 bits per heavy atom. The van der Waals surface area contributed by atoms with Gasteiger partial charge in [0.25, 0.3) is 5.91 Å². The van der Waals surface area contributed by atoms with E-state index in [4.69, 9.17) is 27.9 Å². The number of nitrogens with one attached hydrogen (secondary N) is 1. The molecule has 1 aliphatic rings. The minimum atomic E-state index is -1.12. The zero-order valence-corrected chi connectivity index (χ0v) is 13.6. The molecular weight excluding hydrogens is 329 g/mol. The number of benzene rings is 1. The van der Waals surface area contributed by atoms with Crippen LogP contribution in [0.15, 0.2) is 24.3 Å². The second kappa shape index (κ2) is 5.89. The highest BCUT2D eigenvalue weighted by Gasteiger charge is 2.69. The average Bonchev–Trinajstić information content (AvgIpc) is 2.97. The van der Waals surface area contributed by atoms with Crippen LogP contribution >= 0.6 is 23.2 Å². The Labute approximate surface area is 137 Å². The molecule has 0 saturated heterocycles. The molecule has 0 aromatic heterocycles. The Kier molecular flexibility index (Phi) is 4.49. The van der Waals surface area contributed by atoms with Gasteiger partial charge >= 0.3 is 5.97 Å². The molecule has 2 rings (SSSR count). The molecule has 1 atom stereocenters. The van der Waals surface area contributed by atoms with Crippen molar-refractivity contribution < 1.29 is 19.1 Å². The van der Waals surface area contributed by atoms with Gasteiger partial charge in [0.05, 0.1) is 0 Å². The maximum atomic E-state index is 11.8. The van der Waals surface area contributed by atoms with Gasteiger partial charge in [-0.15, -0.1) is 23.2 Å². The van der Waals surface area contributed by atoms with E-state index in [1.165, 1.54) is 6.92 Å². The molecule has 118 valence electrons. The third-order valence-corrected chi connectivity index (χ3v) is 4.72. The summed E-state index contributed by atoms with van der Waals surface area (Å²) in [6, 6.07) is 6.40. The Morgan fingerprint density at radius 1 is 1.23 bits per heavy atom. The molecule has 0 spiro atoms. The minimum Gasteiger partial charge on any atom is -0.455 e. The summed E-state index contributed by atoms with van der Waals surface area (Å²) < 4.78 is 3.80. The van der Waals surface area contributed by atoms with Crippen molar-refractivity contribution in [3.05, 3.63) is 29.8 Å². The van der Waals surface area contributed by atoms with Crippen molar-refractivity contribution in [1.29, 1.82) is 0 Å². The third-order valence-electron chi connectivity index (χ3n) is 3.62. The second-order valence-electron chi connectivity index (χ2n) is 5.47. The zero-order chi connectivity index (χ0) is 16.5. The van der Waals surface area contributed by atoms with E-state index < -0.39 is 28.2 Å². The van der Waals surface area contributed by atoms with Gasteiger partial charge < -0.3 is 10.1 Å². The summed E-state index contributed by atoms with van der Waals surface area (Å²) in [5.74, 6) is -1.14. The quantitative estimate of drug-likeness (QED) is 0.506. The van der Waals surface area contributed by atoms with Crippen LogP contribution in [0.2, 0.25) is 0 Å². The standard InChI is InChI=1S/C15H15Cl2NO4/c1-9(19)10-3-5-11(6-4-10)18-12(20)7-22-13(21)14(2)8-15(14,16)17/h3-6H,7-8H2,1-2H3,(H,18,20)/t14-/m0/s1. The van der Waals surface area contributed by atoms with Gasteiger partial charge in [0.15, 0.2) is 12.4 Å². The van der Waals surface area contributed by atoms with Crippen LogP contribution in [0.1, 0.15) is 30.6 Å². The van der Waals surface area contributed by atoms with Gasteiger partial charge in [0.1, 0.15) is 9.75 Å². The molecule has 1 aliphatic carbocycles. The highest BCUT2D eigenvalue weighted by Crippen LogP contribution is 2.64. The van der Waals surface area contributed by atoms with Crippen molar-refractivity contribution in [3.63, 3.8) is 0 Å². The maximum Gasteiger partial charge on any atom is 0.315 e. The summed E-state index contributed by atoms with van der Waals surface area (Å²) in [5, 5.41) is 2.56. The molecule has 0 unspecified atom stereocenters. The fourth-order valence-electron chi connectivity index (χ4n) is 1.90. The van der Waals surface area contributed by atoms with Crippen LogP contribution in [-0.2, 0) is 14.3 Å². The summed E-state index contributed by atoms with van der Waals surface area (Å²) in [7, 11) is 0. The van der Waals surface area contributed by atoms with Gasteiger partial charge in [-0.25, -0.2) is 0 Å². The number of halogens is 2. The van der Waals surface area contributed by atoms with Gasteiger partial charge in [-0.1, -0.05) is 0 Å². The van der Waals surface area contributed by atoms with Crippen molar-refractivity contribution in [2.75, 3.05) is 11.9 Å². The maximum absolute atomic E-state index is 11.8. The van der Waals surface area contributed by atoms with Crippen LogP contribution in [0.3, 0.4) is 0 Å². The first-order valence-electron chi connectivity index (χ1n) is 6.62. The van der Waals surface area contributed by atoms with E-state index in [9.17, 15) is 14.4 Å². The number of alkyl halides is 2. The number of hydrogen-bond acceptors (Lipinski definition) is 4. The first-order chi connectivity index (χ1) is 10.2. The lowest BCUT2D eigenvalue weighted by Crippen LogP contribution is -2.26. The molecule has 0 radical (unpaired) electrons.